The molecule has 0 saturated carbocycles. The number of hydrogen-bond acceptors (Lipinski definition) is 1. The molecule has 0 aliphatic rings. The Morgan fingerprint density at radius 1 is 1.14 bits per heavy atom. The first-order valence-electron chi connectivity index (χ1n) is 4.82. The molecule has 2 aromatic carbocycles. The third kappa shape index (κ3) is 1.30. The second-order valence-corrected chi connectivity index (χ2v) is 3.68. The zero-order valence-corrected chi connectivity index (χ0v) is 8.54. The summed E-state index contributed by atoms with van der Waals surface area (Å²) in [5.74, 6) is 0. The molecule has 72 valence electrons. The van der Waals surface area contributed by atoms with E-state index in [4.69, 9.17) is 0 Å². The van der Waals surface area contributed by atoms with Gasteiger partial charge in [-0.1, -0.05) is 30.3 Å². The molecule has 0 aliphatic carbocycles. The lowest BCUT2D eigenvalue weighted by Crippen LogP contribution is -1.93. The molecule has 2 aromatic rings. The lowest BCUT2D eigenvalue weighted by molar-refractivity contribution is 0.282. The summed E-state index contributed by atoms with van der Waals surface area (Å²) >= 11 is 0. The van der Waals surface area contributed by atoms with E-state index in [0.717, 1.165) is 10.9 Å². The van der Waals surface area contributed by atoms with E-state index in [1.807, 2.05) is 12.1 Å². The number of aliphatic hydroxyl groups excluding tert-OH is 1. The third-order valence-corrected chi connectivity index (χ3v) is 2.86. The van der Waals surface area contributed by atoms with Crippen molar-refractivity contribution in [2.24, 2.45) is 0 Å². The summed E-state index contributed by atoms with van der Waals surface area (Å²) in [5, 5.41) is 11.7. The number of rotatable bonds is 1. The standard InChI is InChI=1S/C13H14O/c1-9-7-11-5-3-4-6-12(11)13(8-14)10(9)2/h3-7,14H,8H2,1-2H3. The molecule has 0 bridgehead atoms. The van der Waals surface area contributed by atoms with Crippen LogP contribution in [0.25, 0.3) is 10.8 Å². The minimum absolute atomic E-state index is 0.119. The maximum atomic E-state index is 9.34. The maximum Gasteiger partial charge on any atom is 0.0690 e. The molecule has 0 radical (unpaired) electrons. The normalized spacial score (nSPS) is 10.8. The van der Waals surface area contributed by atoms with Crippen LogP contribution >= 0.6 is 0 Å². The first kappa shape index (κ1) is 9.22. The Kier molecular flexibility index (Phi) is 2.26. The van der Waals surface area contributed by atoms with Crippen LogP contribution in [0.1, 0.15) is 16.7 Å². The maximum absolute atomic E-state index is 9.34. The highest BCUT2D eigenvalue weighted by Gasteiger charge is 2.05. The highest BCUT2D eigenvalue weighted by molar-refractivity contribution is 5.87. The lowest BCUT2D eigenvalue weighted by atomic mass is 9.96. The van der Waals surface area contributed by atoms with E-state index in [2.05, 4.69) is 32.0 Å². The summed E-state index contributed by atoms with van der Waals surface area (Å²) in [7, 11) is 0. The molecule has 14 heavy (non-hydrogen) atoms. The average molecular weight is 186 g/mol. The van der Waals surface area contributed by atoms with E-state index in [-0.39, 0.29) is 6.61 Å². The minimum atomic E-state index is 0.119. The van der Waals surface area contributed by atoms with Crippen molar-refractivity contribution in [1.82, 2.24) is 0 Å². The molecule has 0 atom stereocenters. The summed E-state index contributed by atoms with van der Waals surface area (Å²) in [5.41, 5.74) is 3.50. The fourth-order valence-corrected chi connectivity index (χ4v) is 1.88. The van der Waals surface area contributed by atoms with Crippen LogP contribution in [0.2, 0.25) is 0 Å². The number of fused-ring (bicyclic) bond motifs is 1. The monoisotopic (exact) mass is 186 g/mol. The van der Waals surface area contributed by atoms with Gasteiger partial charge in [0.2, 0.25) is 0 Å². The van der Waals surface area contributed by atoms with Gasteiger partial charge in [-0.25, -0.2) is 0 Å². The van der Waals surface area contributed by atoms with Gasteiger partial charge < -0.3 is 5.11 Å². The van der Waals surface area contributed by atoms with Gasteiger partial charge in [0.15, 0.2) is 0 Å². The van der Waals surface area contributed by atoms with Gasteiger partial charge in [-0.3, -0.25) is 0 Å². The van der Waals surface area contributed by atoms with E-state index in [0.29, 0.717) is 0 Å². The quantitative estimate of drug-likeness (QED) is 0.726. The molecule has 0 spiro atoms. The summed E-state index contributed by atoms with van der Waals surface area (Å²) in [4.78, 5) is 0. The van der Waals surface area contributed by atoms with Crippen LogP contribution in [0, 0.1) is 13.8 Å². The number of benzene rings is 2. The Bertz CT molecular complexity index is 472. The molecule has 0 heterocycles. The fraction of sp³-hybridized carbons (Fsp3) is 0.231. The van der Waals surface area contributed by atoms with Gasteiger partial charge >= 0.3 is 0 Å². The number of hydrogen-bond donors (Lipinski definition) is 1. The fourth-order valence-electron chi connectivity index (χ4n) is 1.88. The highest BCUT2D eigenvalue weighted by Crippen LogP contribution is 2.24. The molecule has 0 fully saturated rings. The molecule has 2 rings (SSSR count). The lowest BCUT2D eigenvalue weighted by Gasteiger charge is -2.10. The molecule has 1 nitrogen and oxygen atoms in total. The summed E-state index contributed by atoms with van der Waals surface area (Å²) in [6.45, 7) is 4.27. The van der Waals surface area contributed by atoms with E-state index < -0.39 is 0 Å². The molecule has 0 amide bonds. The number of aliphatic hydroxyl groups is 1. The van der Waals surface area contributed by atoms with Gasteiger partial charge in [0, 0.05) is 0 Å². The van der Waals surface area contributed by atoms with Crippen LogP contribution in [0.5, 0.6) is 0 Å². The summed E-state index contributed by atoms with van der Waals surface area (Å²) in [6.07, 6.45) is 0. The van der Waals surface area contributed by atoms with Crippen LogP contribution in [0.15, 0.2) is 30.3 Å². The van der Waals surface area contributed by atoms with Crippen molar-refractivity contribution >= 4 is 10.8 Å². The van der Waals surface area contributed by atoms with E-state index in [9.17, 15) is 5.11 Å². The first-order valence-corrected chi connectivity index (χ1v) is 4.82. The zero-order chi connectivity index (χ0) is 10.1. The Morgan fingerprint density at radius 3 is 2.57 bits per heavy atom. The topological polar surface area (TPSA) is 20.2 Å². The van der Waals surface area contributed by atoms with Crippen LogP contribution in [-0.2, 0) is 6.61 Å². The summed E-state index contributed by atoms with van der Waals surface area (Å²) in [6, 6.07) is 10.4. The van der Waals surface area contributed by atoms with Crippen molar-refractivity contribution in [2.45, 2.75) is 20.5 Å². The van der Waals surface area contributed by atoms with E-state index in [1.54, 1.807) is 0 Å². The van der Waals surface area contributed by atoms with Crippen LogP contribution < -0.4 is 0 Å². The predicted molar refractivity (Wildman–Crippen MR) is 59.3 cm³/mol. The Labute approximate surface area is 84.0 Å². The average Bonchev–Trinajstić information content (AvgIpc) is 2.20. The zero-order valence-electron chi connectivity index (χ0n) is 8.54. The summed E-state index contributed by atoms with van der Waals surface area (Å²) < 4.78 is 0. The van der Waals surface area contributed by atoms with Crippen LogP contribution in [0.4, 0.5) is 0 Å². The Balaban J connectivity index is 2.89. The van der Waals surface area contributed by atoms with Gasteiger partial charge in [-0.15, -0.1) is 0 Å². The van der Waals surface area contributed by atoms with Crippen LogP contribution in [-0.4, -0.2) is 5.11 Å². The van der Waals surface area contributed by atoms with Crippen molar-refractivity contribution in [1.29, 1.82) is 0 Å². The largest absolute Gasteiger partial charge is 0.392 e. The predicted octanol–water partition coefficient (Wildman–Crippen LogP) is 2.95. The van der Waals surface area contributed by atoms with Crippen molar-refractivity contribution in [3.63, 3.8) is 0 Å². The minimum Gasteiger partial charge on any atom is -0.392 e. The van der Waals surface area contributed by atoms with Crippen molar-refractivity contribution < 1.29 is 5.11 Å². The van der Waals surface area contributed by atoms with Gasteiger partial charge in [0.05, 0.1) is 6.61 Å². The Morgan fingerprint density at radius 2 is 1.86 bits per heavy atom. The first-order chi connectivity index (χ1) is 6.74. The Hall–Kier alpha value is -1.34. The second-order valence-electron chi connectivity index (χ2n) is 3.68. The van der Waals surface area contributed by atoms with Gasteiger partial charge in [-0.05, 0) is 41.3 Å². The molecule has 0 aliphatic heterocycles. The van der Waals surface area contributed by atoms with Crippen molar-refractivity contribution in [2.75, 3.05) is 0 Å². The van der Waals surface area contributed by atoms with Crippen molar-refractivity contribution in [3.05, 3.63) is 47.0 Å². The molecular formula is C13H14O. The molecule has 0 unspecified atom stereocenters. The smallest absolute Gasteiger partial charge is 0.0690 e. The molecular weight excluding hydrogens is 172 g/mol. The van der Waals surface area contributed by atoms with Crippen molar-refractivity contribution in [3.8, 4) is 0 Å². The van der Waals surface area contributed by atoms with E-state index in [1.165, 1.54) is 16.5 Å². The molecule has 1 heteroatoms. The SMILES string of the molecule is Cc1cc2ccccc2c(CO)c1C. The van der Waals surface area contributed by atoms with Gasteiger partial charge in [-0.2, -0.15) is 0 Å². The van der Waals surface area contributed by atoms with Crippen LogP contribution in [0.3, 0.4) is 0 Å². The van der Waals surface area contributed by atoms with Gasteiger partial charge in [0.1, 0.15) is 0 Å². The molecule has 1 N–H and O–H groups in total. The molecule has 0 saturated heterocycles. The van der Waals surface area contributed by atoms with Gasteiger partial charge in [0.25, 0.3) is 0 Å². The highest BCUT2D eigenvalue weighted by atomic mass is 16.3. The number of aryl methyl sites for hydroxylation is 1. The van der Waals surface area contributed by atoms with E-state index >= 15 is 0 Å². The molecule has 0 aromatic heterocycles. The second kappa shape index (κ2) is 3.43. The third-order valence-electron chi connectivity index (χ3n) is 2.86.